The highest BCUT2D eigenvalue weighted by Crippen LogP contribution is 2.41. The maximum absolute atomic E-state index is 11.6. The van der Waals surface area contributed by atoms with Crippen LogP contribution in [0.15, 0.2) is 36.5 Å². The van der Waals surface area contributed by atoms with Crippen molar-refractivity contribution in [1.29, 1.82) is 0 Å². The summed E-state index contributed by atoms with van der Waals surface area (Å²) in [4.78, 5) is 11.6. The van der Waals surface area contributed by atoms with Gasteiger partial charge in [0.1, 0.15) is 18.4 Å². The smallest absolute Gasteiger partial charge is 0.269 e. The van der Waals surface area contributed by atoms with Crippen molar-refractivity contribution in [2.24, 2.45) is 0 Å². The first-order valence-corrected chi connectivity index (χ1v) is 4.29. The molecule has 0 saturated carbocycles. The van der Waals surface area contributed by atoms with E-state index in [1.54, 1.807) is 0 Å². The number of para-hydroxylation sites is 2. The van der Waals surface area contributed by atoms with Crippen molar-refractivity contribution in [2.75, 3.05) is 11.9 Å². The first kappa shape index (κ1) is 6.86. The maximum atomic E-state index is 11.6. The molecule has 1 aromatic carbocycles. The van der Waals surface area contributed by atoms with E-state index in [0.717, 1.165) is 17.9 Å². The third kappa shape index (κ3) is 0.656. The van der Waals surface area contributed by atoms with Crippen molar-refractivity contribution in [3.8, 4) is 0 Å². The maximum Gasteiger partial charge on any atom is 0.431 e. The normalized spacial score (nSPS) is 28.5. The molecule has 0 unspecified atom stereocenters. The molecule has 0 radical (unpaired) electrons. The van der Waals surface area contributed by atoms with Gasteiger partial charge in [0.15, 0.2) is 5.69 Å². The van der Waals surface area contributed by atoms with Gasteiger partial charge in [0.2, 0.25) is 0 Å². The zero-order valence-corrected chi connectivity index (χ0v) is 7.03. The summed E-state index contributed by atoms with van der Waals surface area (Å²) in [7, 11) is 0. The lowest BCUT2D eigenvalue weighted by molar-refractivity contribution is 0.230. The molecule has 1 N–H and O–H groups in total. The van der Waals surface area contributed by atoms with Crippen LogP contribution in [0.5, 0.6) is 0 Å². The van der Waals surface area contributed by atoms with E-state index in [9.17, 15) is 4.79 Å². The van der Waals surface area contributed by atoms with E-state index in [-0.39, 0.29) is 6.03 Å². The van der Waals surface area contributed by atoms with E-state index in [1.165, 1.54) is 0 Å². The first-order chi connectivity index (χ1) is 6.33. The van der Waals surface area contributed by atoms with Gasteiger partial charge in [-0.3, -0.25) is 5.32 Å². The summed E-state index contributed by atoms with van der Waals surface area (Å²) >= 11 is 0. The first-order valence-electron chi connectivity index (χ1n) is 4.29. The van der Waals surface area contributed by atoms with Gasteiger partial charge in [-0.15, -0.1) is 0 Å². The van der Waals surface area contributed by atoms with Crippen LogP contribution in [-0.2, 0) is 0 Å². The fourth-order valence-corrected chi connectivity index (χ4v) is 1.90. The average Bonchev–Trinajstić information content (AvgIpc) is 2.35. The van der Waals surface area contributed by atoms with Crippen molar-refractivity contribution >= 4 is 17.4 Å². The van der Waals surface area contributed by atoms with Crippen molar-refractivity contribution in [3.05, 3.63) is 36.5 Å². The Bertz CT molecular complexity index is 425. The molecule has 1 atom stereocenters. The summed E-state index contributed by atoms with van der Waals surface area (Å²) in [5, 5.41) is 2.87. The van der Waals surface area contributed by atoms with Gasteiger partial charge in [0.05, 0.1) is 0 Å². The molecule has 2 aliphatic rings. The molecule has 3 heteroatoms. The number of hydrogen-bond acceptors (Lipinski definition) is 1. The number of benzene rings is 1. The lowest BCUT2D eigenvalue weighted by Crippen LogP contribution is -2.52. The second kappa shape index (κ2) is 2.00. The highest BCUT2D eigenvalue weighted by atomic mass is 16.2. The number of anilines is 1. The molecule has 0 aliphatic carbocycles. The number of carbonyl (C=O) groups excluding carboxylic acids is 1. The molecule has 13 heavy (non-hydrogen) atoms. The van der Waals surface area contributed by atoms with Crippen LogP contribution in [0.2, 0.25) is 0 Å². The van der Waals surface area contributed by atoms with E-state index in [0.29, 0.717) is 4.48 Å². The molecule has 3 nitrogen and oxygen atoms in total. The molecule has 64 valence electrons. The van der Waals surface area contributed by atoms with Gasteiger partial charge in [0.25, 0.3) is 0 Å². The lowest BCUT2D eigenvalue weighted by atomic mass is 10.2. The van der Waals surface area contributed by atoms with Crippen molar-refractivity contribution in [2.45, 2.75) is 0 Å². The van der Waals surface area contributed by atoms with Gasteiger partial charge >= 0.3 is 6.03 Å². The highest BCUT2D eigenvalue weighted by molar-refractivity contribution is 6.09. The Hall–Kier alpha value is -1.61. The van der Waals surface area contributed by atoms with E-state index in [1.807, 2.05) is 36.5 Å². The summed E-state index contributed by atoms with van der Waals surface area (Å²) in [5.41, 5.74) is 2.01. The van der Waals surface area contributed by atoms with Crippen LogP contribution in [0.4, 0.5) is 16.2 Å². The number of quaternary nitrogens is 1. The van der Waals surface area contributed by atoms with Crippen molar-refractivity contribution in [3.63, 3.8) is 0 Å². The molecule has 1 aromatic rings. The van der Waals surface area contributed by atoms with Crippen molar-refractivity contribution < 1.29 is 4.79 Å². The predicted molar refractivity (Wildman–Crippen MR) is 51.3 cm³/mol. The van der Waals surface area contributed by atoms with Gasteiger partial charge in [-0.25, -0.2) is 4.79 Å². The Morgan fingerprint density at radius 3 is 2.77 bits per heavy atom. The number of nitrogens with one attached hydrogen (secondary N) is 1. The molecule has 0 fully saturated rings. The van der Waals surface area contributed by atoms with Gasteiger partial charge < -0.3 is 0 Å². The molecule has 2 heterocycles. The number of carbonyl (C=O) groups is 1. The molecule has 2 amide bonds. The van der Waals surface area contributed by atoms with Gasteiger partial charge in [-0.05, 0) is 6.07 Å². The molecule has 0 aromatic heterocycles. The number of urea groups is 1. The molecular formula is C10H9N2O+. The third-order valence-corrected chi connectivity index (χ3v) is 2.69. The minimum atomic E-state index is 0.0590. The van der Waals surface area contributed by atoms with Crippen LogP contribution in [0.25, 0.3) is 0 Å². The lowest BCUT2D eigenvalue weighted by Gasteiger charge is -2.29. The Labute approximate surface area is 75.9 Å². The summed E-state index contributed by atoms with van der Waals surface area (Å²) in [6.45, 7) is 0.781. The van der Waals surface area contributed by atoms with E-state index in [2.05, 4.69) is 5.32 Å². The minimum absolute atomic E-state index is 0.0590. The monoisotopic (exact) mass is 173 g/mol. The van der Waals surface area contributed by atoms with Crippen LogP contribution in [0, 0.1) is 0 Å². The van der Waals surface area contributed by atoms with Gasteiger partial charge in [-0.1, -0.05) is 12.1 Å². The minimum Gasteiger partial charge on any atom is -0.269 e. The number of amides is 2. The quantitative estimate of drug-likeness (QED) is 0.598. The Kier molecular flexibility index (Phi) is 1.06. The molecule has 0 saturated heterocycles. The Balaban J connectivity index is 2.26. The van der Waals surface area contributed by atoms with Crippen LogP contribution in [0.3, 0.4) is 0 Å². The number of rotatable bonds is 0. The van der Waals surface area contributed by atoms with Crippen LogP contribution in [-0.4, -0.2) is 12.6 Å². The SMILES string of the molecule is O=C1Nc2ccccc2[N@+]12C=CC2. The topological polar surface area (TPSA) is 29.1 Å². The molecule has 2 aliphatic heterocycles. The fourth-order valence-electron chi connectivity index (χ4n) is 1.90. The Morgan fingerprint density at radius 2 is 2.08 bits per heavy atom. The van der Waals surface area contributed by atoms with Crippen LogP contribution >= 0.6 is 0 Å². The summed E-state index contributed by atoms with van der Waals surface area (Å²) in [5.74, 6) is 0. The largest absolute Gasteiger partial charge is 0.431 e. The second-order valence-electron chi connectivity index (χ2n) is 3.38. The number of hydrogen-bond donors (Lipinski definition) is 1. The van der Waals surface area contributed by atoms with Crippen LogP contribution < -0.4 is 9.80 Å². The summed E-state index contributed by atoms with van der Waals surface area (Å²) < 4.78 is 0.357. The average molecular weight is 173 g/mol. The summed E-state index contributed by atoms with van der Waals surface area (Å²) in [6.07, 6.45) is 3.95. The summed E-state index contributed by atoms with van der Waals surface area (Å²) in [6, 6.07) is 7.89. The third-order valence-electron chi connectivity index (χ3n) is 2.69. The highest BCUT2D eigenvalue weighted by Gasteiger charge is 2.48. The molecular weight excluding hydrogens is 164 g/mol. The van der Waals surface area contributed by atoms with E-state index < -0.39 is 0 Å². The van der Waals surface area contributed by atoms with E-state index >= 15 is 0 Å². The number of fused-ring (bicyclic) bond motifs is 2. The zero-order chi connectivity index (χ0) is 8.89. The predicted octanol–water partition coefficient (Wildman–Crippen LogP) is 2.07. The second-order valence-corrected chi connectivity index (χ2v) is 3.38. The van der Waals surface area contributed by atoms with Crippen molar-refractivity contribution in [1.82, 2.24) is 4.48 Å². The number of nitrogens with zero attached hydrogens (tertiary/aromatic N) is 1. The fraction of sp³-hybridized carbons (Fsp3) is 0.100. The van der Waals surface area contributed by atoms with Gasteiger partial charge in [0, 0.05) is 12.1 Å². The zero-order valence-electron chi connectivity index (χ0n) is 7.03. The standard InChI is InChI=1S/C10H8N2O/c13-10-11-8-4-1-2-5-9(8)12(10)6-3-7-12/h1-6H,7H2/p+1/t12-/m1/s1. The van der Waals surface area contributed by atoms with Gasteiger partial charge in [-0.2, -0.15) is 4.48 Å². The molecule has 0 bridgehead atoms. The molecule has 3 rings (SSSR count). The van der Waals surface area contributed by atoms with E-state index in [4.69, 9.17) is 0 Å². The van der Waals surface area contributed by atoms with Crippen LogP contribution in [0.1, 0.15) is 0 Å². The Morgan fingerprint density at radius 1 is 1.31 bits per heavy atom. The molecule has 1 spiro atoms.